The maximum absolute atomic E-state index is 11.3. The van der Waals surface area contributed by atoms with Crippen molar-refractivity contribution in [2.24, 2.45) is 5.29 Å². The monoisotopic (exact) mass is 259 g/mol. The standard InChI is InChI=1S/C12H18N3O2.Na/c1-12(2,3)14(15(17)13-16)10-9-11-7-5-4-6-8-11;/h4-8H,9-10H2,1-3H3;/q-1;+1. The Morgan fingerprint density at radius 3 is 2.22 bits per heavy atom. The van der Waals surface area contributed by atoms with Crippen LogP contribution in [-0.4, -0.2) is 22.4 Å². The maximum Gasteiger partial charge on any atom is 1.00 e. The number of hydrazine groups is 1. The number of nitrogens with zero attached hydrogens (tertiary/aromatic N) is 3. The summed E-state index contributed by atoms with van der Waals surface area (Å²) in [5, 5.41) is 15.3. The Labute approximate surface area is 130 Å². The Balaban J connectivity index is 0.00000289. The molecule has 0 spiro atoms. The van der Waals surface area contributed by atoms with Gasteiger partial charge in [0.2, 0.25) is 0 Å². The third kappa shape index (κ3) is 5.46. The molecular weight excluding hydrogens is 241 g/mol. The number of benzene rings is 1. The molecule has 0 aliphatic heterocycles. The quantitative estimate of drug-likeness (QED) is 0.415. The number of hydrogen-bond donors (Lipinski definition) is 0. The van der Waals surface area contributed by atoms with Crippen LogP contribution in [0.5, 0.6) is 0 Å². The molecule has 0 unspecified atom stereocenters. The van der Waals surface area contributed by atoms with Crippen LogP contribution in [0, 0.1) is 10.1 Å². The number of nitroso groups, excluding NO2 is 1. The zero-order valence-electron chi connectivity index (χ0n) is 11.5. The molecule has 0 aliphatic carbocycles. The van der Waals surface area contributed by atoms with Gasteiger partial charge in [0.1, 0.15) is 0 Å². The summed E-state index contributed by atoms with van der Waals surface area (Å²) < 4.78 is 0. The second-order valence-electron chi connectivity index (χ2n) is 4.86. The minimum atomic E-state index is -0.426. The van der Waals surface area contributed by atoms with Crippen molar-refractivity contribution in [3.8, 4) is 0 Å². The third-order valence-electron chi connectivity index (χ3n) is 2.51. The van der Waals surface area contributed by atoms with E-state index in [0.29, 0.717) is 13.0 Å². The summed E-state index contributed by atoms with van der Waals surface area (Å²) in [5.41, 5.74) is 0.700. The van der Waals surface area contributed by atoms with Gasteiger partial charge in [0, 0.05) is 12.1 Å². The molecule has 1 rings (SSSR count). The summed E-state index contributed by atoms with van der Waals surface area (Å²) in [6.07, 6.45) is 0.701. The molecule has 0 amide bonds. The van der Waals surface area contributed by atoms with Crippen LogP contribution in [0.4, 0.5) is 0 Å². The molecule has 0 saturated carbocycles. The van der Waals surface area contributed by atoms with Crippen LogP contribution < -0.4 is 29.6 Å². The van der Waals surface area contributed by atoms with Crippen molar-refractivity contribution in [1.82, 2.24) is 10.3 Å². The van der Waals surface area contributed by atoms with E-state index in [1.807, 2.05) is 51.1 Å². The molecule has 1 aromatic rings. The molecular formula is C12H18N3NaO2. The molecule has 18 heavy (non-hydrogen) atoms. The first-order valence-corrected chi connectivity index (χ1v) is 5.57. The van der Waals surface area contributed by atoms with E-state index in [4.69, 9.17) is 0 Å². The fraction of sp³-hybridized carbons (Fsp3) is 0.500. The van der Waals surface area contributed by atoms with Gasteiger partial charge in [0.05, 0.1) is 5.29 Å². The molecule has 0 radical (unpaired) electrons. The van der Waals surface area contributed by atoms with Gasteiger partial charge in [-0.1, -0.05) is 30.3 Å². The average Bonchev–Trinajstić information content (AvgIpc) is 2.28. The van der Waals surface area contributed by atoms with E-state index in [-0.39, 0.29) is 34.8 Å². The minimum absolute atomic E-state index is 0. The van der Waals surface area contributed by atoms with Gasteiger partial charge in [0.25, 0.3) is 0 Å². The van der Waals surface area contributed by atoms with E-state index in [9.17, 15) is 10.1 Å². The summed E-state index contributed by atoms with van der Waals surface area (Å²) in [7, 11) is 0. The van der Waals surface area contributed by atoms with Crippen LogP contribution in [0.1, 0.15) is 26.3 Å². The van der Waals surface area contributed by atoms with Crippen LogP contribution in [-0.2, 0) is 6.42 Å². The fourth-order valence-electron chi connectivity index (χ4n) is 1.60. The molecule has 0 heterocycles. The van der Waals surface area contributed by atoms with Crippen LogP contribution in [0.25, 0.3) is 0 Å². The van der Waals surface area contributed by atoms with E-state index < -0.39 is 5.54 Å². The smallest absolute Gasteiger partial charge is 0.724 e. The predicted molar refractivity (Wildman–Crippen MR) is 67.6 cm³/mol. The Morgan fingerprint density at radius 2 is 1.78 bits per heavy atom. The van der Waals surface area contributed by atoms with Gasteiger partial charge >= 0.3 is 29.6 Å². The molecule has 0 aromatic heterocycles. The molecule has 0 fully saturated rings. The average molecular weight is 259 g/mol. The Kier molecular flexibility index (Phi) is 7.66. The van der Waals surface area contributed by atoms with Gasteiger partial charge in [-0.05, 0) is 32.8 Å². The first kappa shape index (κ1) is 17.5. The van der Waals surface area contributed by atoms with Crippen molar-refractivity contribution in [3.63, 3.8) is 0 Å². The van der Waals surface area contributed by atoms with Crippen molar-refractivity contribution in [1.29, 1.82) is 0 Å². The molecule has 6 heteroatoms. The minimum Gasteiger partial charge on any atom is -0.724 e. The van der Waals surface area contributed by atoms with Crippen molar-refractivity contribution >= 4 is 0 Å². The van der Waals surface area contributed by atoms with Gasteiger partial charge in [-0.2, -0.15) is 0 Å². The molecule has 0 bridgehead atoms. The predicted octanol–water partition coefficient (Wildman–Crippen LogP) is -0.270. The van der Waals surface area contributed by atoms with Crippen LogP contribution in [0.15, 0.2) is 35.6 Å². The number of rotatable bonds is 5. The molecule has 0 N–H and O–H groups in total. The molecule has 1 aromatic carbocycles. The van der Waals surface area contributed by atoms with Crippen molar-refractivity contribution in [2.75, 3.05) is 6.54 Å². The van der Waals surface area contributed by atoms with Crippen LogP contribution >= 0.6 is 0 Å². The number of hydrogen-bond acceptors (Lipinski definition) is 4. The second kappa shape index (κ2) is 7.86. The summed E-state index contributed by atoms with van der Waals surface area (Å²) >= 11 is 0. The van der Waals surface area contributed by atoms with E-state index in [1.54, 1.807) is 0 Å². The molecule has 0 atom stereocenters. The maximum atomic E-state index is 11.3. The van der Waals surface area contributed by atoms with Gasteiger partial charge < -0.3 is 5.21 Å². The van der Waals surface area contributed by atoms with E-state index in [1.165, 1.54) is 5.01 Å². The van der Waals surface area contributed by atoms with Crippen molar-refractivity contribution in [2.45, 2.75) is 32.7 Å². The van der Waals surface area contributed by atoms with Gasteiger partial charge in [-0.25, -0.2) is 5.01 Å². The first-order chi connectivity index (χ1) is 7.95. The molecule has 5 nitrogen and oxygen atoms in total. The van der Waals surface area contributed by atoms with Crippen molar-refractivity contribution < 1.29 is 29.6 Å². The van der Waals surface area contributed by atoms with Gasteiger partial charge in [-0.3, -0.25) is 5.28 Å². The van der Waals surface area contributed by atoms with Crippen molar-refractivity contribution in [3.05, 3.63) is 46.0 Å². The first-order valence-electron chi connectivity index (χ1n) is 5.57. The van der Waals surface area contributed by atoms with Gasteiger partial charge in [-0.15, -0.1) is 4.91 Å². The third-order valence-corrected chi connectivity index (χ3v) is 2.51. The summed E-state index contributed by atoms with van der Waals surface area (Å²) in [4.78, 5) is 10.3. The van der Waals surface area contributed by atoms with E-state index in [0.717, 1.165) is 5.56 Å². The Bertz CT molecular complexity index is 354. The normalized spacial score (nSPS) is 10.9. The fourth-order valence-corrected chi connectivity index (χ4v) is 1.60. The Hall–Kier alpha value is -0.460. The zero-order chi connectivity index (χ0) is 12.9. The van der Waals surface area contributed by atoms with Gasteiger partial charge in [0.15, 0.2) is 0 Å². The topological polar surface area (TPSA) is 59.0 Å². The van der Waals surface area contributed by atoms with Crippen LogP contribution in [0.2, 0.25) is 0 Å². The van der Waals surface area contributed by atoms with Crippen LogP contribution in [0.3, 0.4) is 0 Å². The largest absolute Gasteiger partial charge is 1.00 e. The van der Waals surface area contributed by atoms with E-state index in [2.05, 4.69) is 5.29 Å². The second-order valence-corrected chi connectivity index (χ2v) is 4.86. The molecule has 94 valence electrons. The summed E-state index contributed by atoms with van der Waals surface area (Å²) in [6.45, 7) is 6.07. The zero-order valence-corrected chi connectivity index (χ0v) is 13.5. The molecule has 0 saturated heterocycles. The summed E-state index contributed by atoms with van der Waals surface area (Å²) in [6, 6.07) is 9.82. The molecule has 0 aliphatic rings. The SMILES string of the molecule is CC(C)(C)N(CCc1ccccc1)N([O-])N=O.[Na+]. The van der Waals surface area contributed by atoms with E-state index >= 15 is 0 Å². The Morgan fingerprint density at radius 1 is 1.22 bits per heavy atom. The summed E-state index contributed by atoms with van der Waals surface area (Å²) in [5.74, 6) is 0.